The summed E-state index contributed by atoms with van der Waals surface area (Å²) in [4.78, 5) is 12.3. The van der Waals surface area contributed by atoms with Crippen molar-refractivity contribution in [3.63, 3.8) is 0 Å². The van der Waals surface area contributed by atoms with Crippen LogP contribution in [0.15, 0.2) is 41.6 Å². The zero-order valence-electron chi connectivity index (χ0n) is 15.6. The topological polar surface area (TPSA) is 79.5 Å². The molecule has 0 radical (unpaired) electrons. The molecular formula is C20H26N4O2. The summed E-state index contributed by atoms with van der Waals surface area (Å²) >= 11 is 0. The highest BCUT2D eigenvalue weighted by molar-refractivity contribution is 5.96. The largest absolute Gasteiger partial charge is 0.504 e. The average Bonchev–Trinajstić information content (AvgIpc) is 3.02. The highest BCUT2D eigenvalue weighted by Gasteiger charge is 2.28. The van der Waals surface area contributed by atoms with Crippen molar-refractivity contribution in [1.82, 2.24) is 15.2 Å². The van der Waals surface area contributed by atoms with Gasteiger partial charge in [0.1, 0.15) is 0 Å². The Balaban J connectivity index is 1.64. The molecule has 3 rings (SSSR count). The van der Waals surface area contributed by atoms with Crippen LogP contribution in [-0.4, -0.2) is 26.5 Å². The van der Waals surface area contributed by atoms with E-state index in [1.807, 2.05) is 30.3 Å². The first kappa shape index (κ1) is 18.2. The Kier molecular flexibility index (Phi) is 5.11. The molecule has 1 aromatic carbocycles. The molecule has 1 amide bonds. The zero-order chi connectivity index (χ0) is 18.7. The Bertz CT molecular complexity index is 793. The molecule has 2 aromatic rings. The number of aromatic nitrogens is 2. The molecule has 0 spiro atoms. The van der Waals surface area contributed by atoms with Gasteiger partial charge in [-0.05, 0) is 49.1 Å². The normalized spacial score (nSPS) is 17.8. The number of nitrogens with one attached hydrogen (secondary N) is 1. The maximum Gasteiger partial charge on any atom is 0.295 e. The lowest BCUT2D eigenvalue weighted by Crippen LogP contribution is -2.27. The third-order valence-electron chi connectivity index (χ3n) is 5.03. The van der Waals surface area contributed by atoms with Crippen molar-refractivity contribution in [2.24, 2.45) is 16.4 Å². The summed E-state index contributed by atoms with van der Waals surface area (Å²) in [6, 6.07) is 9.33. The smallest absolute Gasteiger partial charge is 0.295 e. The fourth-order valence-corrected chi connectivity index (χ4v) is 3.35. The fourth-order valence-electron chi connectivity index (χ4n) is 3.35. The van der Waals surface area contributed by atoms with Gasteiger partial charge in [-0.25, -0.2) is 10.1 Å². The molecule has 138 valence electrons. The molecule has 0 aliphatic heterocycles. The Morgan fingerprint density at radius 1 is 1.23 bits per heavy atom. The van der Waals surface area contributed by atoms with E-state index in [1.165, 1.54) is 10.9 Å². The van der Waals surface area contributed by atoms with Gasteiger partial charge in [0.15, 0.2) is 11.4 Å². The van der Waals surface area contributed by atoms with Crippen LogP contribution in [0.1, 0.15) is 56.9 Å². The molecule has 0 bridgehead atoms. The average molecular weight is 354 g/mol. The van der Waals surface area contributed by atoms with Crippen molar-refractivity contribution in [2.75, 3.05) is 0 Å². The van der Waals surface area contributed by atoms with Gasteiger partial charge in [-0.1, -0.05) is 39.0 Å². The second kappa shape index (κ2) is 7.32. The minimum atomic E-state index is -0.498. The van der Waals surface area contributed by atoms with Gasteiger partial charge in [0.2, 0.25) is 0 Å². The first-order chi connectivity index (χ1) is 12.3. The number of nitrogens with zero attached hydrogens (tertiary/aromatic N) is 3. The van der Waals surface area contributed by atoms with Crippen LogP contribution < -0.4 is 5.43 Å². The molecule has 6 nitrogen and oxygen atoms in total. The summed E-state index contributed by atoms with van der Waals surface area (Å²) in [5.74, 6) is 0.0217. The quantitative estimate of drug-likeness (QED) is 0.821. The van der Waals surface area contributed by atoms with E-state index >= 15 is 0 Å². The van der Waals surface area contributed by atoms with Crippen LogP contribution in [0.3, 0.4) is 0 Å². The molecule has 1 heterocycles. The third-order valence-corrected chi connectivity index (χ3v) is 5.03. The number of hydrazone groups is 1. The van der Waals surface area contributed by atoms with Gasteiger partial charge in [0.05, 0.1) is 11.9 Å². The van der Waals surface area contributed by atoms with Crippen molar-refractivity contribution < 1.29 is 9.90 Å². The van der Waals surface area contributed by atoms with Crippen molar-refractivity contribution >= 4 is 11.6 Å². The second-order valence-electron chi connectivity index (χ2n) is 7.90. The zero-order valence-corrected chi connectivity index (χ0v) is 15.6. The Hall–Kier alpha value is -2.63. The van der Waals surface area contributed by atoms with Crippen LogP contribution in [0.2, 0.25) is 0 Å². The van der Waals surface area contributed by atoms with Crippen molar-refractivity contribution in [3.8, 4) is 11.4 Å². The third kappa shape index (κ3) is 4.12. The minimum Gasteiger partial charge on any atom is -0.504 e. The summed E-state index contributed by atoms with van der Waals surface area (Å²) in [7, 11) is 0. The highest BCUT2D eigenvalue weighted by atomic mass is 16.3. The van der Waals surface area contributed by atoms with E-state index in [9.17, 15) is 9.90 Å². The maximum atomic E-state index is 12.3. The number of para-hydroxylation sites is 1. The van der Waals surface area contributed by atoms with Crippen molar-refractivity contribution in [3.05, 3.63) is 42.2 Å². The summed E-state index contributed by atoms with van der Waals surface area (Å²) in [5.41, 5.74) is 4.60. The number of hydrogen-bond donors (Lipinski definition) is 2. The lowest BCUT2D eigenvalue weighted by molar-refractivity contribution is 0.0946. The summed E-state index contributed by atoms with van der Waals surface area (Å²) in [6.07, 6.45) is 5.39. The Morgan fingerprint density at radius 2 is 1.88 bits per heavy atom. The van der Waals surface area contributed by atoms with Crippen LogP contribution in [-0.2, 0) is 0 Å². The maximum absolute atomic E-state index is 12.3. The molecule has 0 atom stereocenters. The van der Waals surface area contributed by atoms with E-state index in [0.29, 0.717) is 11.3 Å². The standard InChI is InChI=1S/C20H26N4O2/c1-20(2,3)14-9-11-15(12-10-14)21-22-19(26)18-17(25)13-24(23-18)16-7-5-4-6-8-16/h4-8,13-14,25H,9-12H2,1-3H3,(H,22,26). The van der Waals surface area contributed by atoms with Gasteiger partial charge >= 0.3 is 0 Å². The van der Waals surface area contributed by atoms with Gasteiger partial charge in [0.25, 0.3) is 5.91 Å². The molecular weight excluding hydrogens is 328 g/mol. The number of aromatic hydroxyl groups is 1. The van der Waals surface area contributed by atoms with Crippen molar-refractivity contribution in [1.29, 1.82) is 0 Å². The van der Waals surface area contributed by atoms with Crippen LogP contribution >= 0.6 is 0 Å². The number of hydrogen-bond acceptors (Lipinski definition) is 4. The molecule has 0 saturated heterocycles. The minimum absolute atomic E-state index is 0.0263. The molecule has 0 unspecified atom stereocenters. The number of carbonyl (C=O) groups excluding carboxylic acids is 1. The Labute approximate surface area is 153 Å². The first-order valence-corrected chi connectivity index (χ1v) is 9.04. The molecule has 6 heteroatoms. The van der Waals surface area contributed by atoms with Crippen molar-refractivity contribution in [2.45, 2.75) is 46.5 Å². The number of amides is 1. The predicted molar refractivity (Wildman–Crippen MR) is 102 cm³/mol. The van der Waals surface area contributed by atoms with E-state index in [4.69, 9.17) is 0 Å². The van der Waals surface area contributed by atoms with E-state index in [1.54, 1.807) is 0 Å². The SMILES string of the molecule is CC(C)(C)C1CCC(=NNC(=O)c2nn(-c3ccccc3)cc2O)CC1. The van der Waals surface area contributed by atoms with Crippen LogP contribution in [0.25, 0.3) is 5.69 Å². The first-order valence-electron chi connectivity index (χ1n) is 9.04. The molecule has 1 aliphatic carbocycles. The van der Waals surface area contributed by atoms with E-state index in [2.05, 4.69) is 36.4 Å². The Morgan fingerprint density at radius 3 is 2.50 bits per heavy atom. The van der Waals surface area contributed by atoms with E-state index < -0.39 is 5.91 Å². The lowest BCUT2D eigenvalue weighted by Gasteiger charge is -2.34. The predicted octanol–water partition coefficient (Wildman–Crippen LogP) is 3.90. The molecule has 2 N–H and O–H groups in total. The summed E-state index contributed by atoms with van der Waals surface area (Å²) in [5, 5.41) is 18.5. The summed E-state index contributed by atoms with van der Waals surface area (Å²) < 4.78 is 1.48. The van der Waals surface area contributed by atoms with Gasteiger partial charge in [-0.3, -0.25) is 4.79 Å². The van der Waals surface area contributed by atoms with Crippen LogP contribution in [0.5, 0.6) is 5.75 Å². The number of benzene rings is 1. The van der Waals surface area contributed by atoms with Crippen LogP contribution in [0.4, 0.5) is 0 Å². The van der Waals surface area contributed by atoms with Gasteiger partial charge in [-0.15, -0.1) is 0 Å². The van der Waals surface area contributed by atoms with Crippen LogP contribution in [0, 0.1) is 11.3 Å². The van der Waals surface area contributed by atoms with E-state index in [0.717, 1.165) is 37.1 Å². The molecule has 1 fully saturated rings. The van der Waals surface area contributed by atoms with Gasteiger partial charge in [0, 0.05) is 5.71 Å². The lowest BCUT2D eigenvalue weighted by atomic mass is 9.72. The highest BCUT2D eigenvalue weighted by Crippen LogP contribution is 2.36. The molecule has 1 aromatic heterocycles. The van der Waals surface area contributed by atoms with Gasteiger partial charge in [-0.2, -0.15) is 10.2 Å². The molecule has 26 heavy (non-hydrogen) atoms. The molecule has 1 saturated carbocycles. The second-order valence-corrected chi connectivity index (χ2v) is 7.90. The summed E-state index contributed by atoms with van der Waals surface area (Å²) in [6.45, 7) is 6.81. The fraction of sp³-hybridized carbons (Fsp3) is 0.450. The number of rotatable bonds is 3. The van der Waals surface area contributed by atoms with E-state index in [-0.39, 0.29) is 11.4 Å². The molecule has 1 aliphatic rings. The number of carbonyl (C=O) groups is 1. The monoisotopic (exact) mass is 354 g/mol. The van der Waals surface area contributed by atoms with Gasteiger partial charge < -0.3 is 5.11 Å².